The van der Waals surface area contributed by atoms with Crippen LogP contribution in [-0.4, -0.2) is 34.3 Å². The summed E-state index contributed by atoms with van der Waals surface area (Å²) in [5.74, 6) is -1.42. The van der Waals surface area contributed by atoms with Gasteiger partial charge in [-0.15, -0.1) is 0 Å². The summed E-state index contributed by atoms with van der Waals surface area (Å²) in [4.78, 5) is 42.8. The molecule has 0 unspecified atom stereocenters. The summed E-state index contributed by atoms with van der Waals surface area (Å²) in [5, 5.41) is 6.98. The van der Waals surface area contributed by atoms with Crippen molar-refractivity contribution in [3.63, 3.8) is 0 Å². The number of nitrogens with two attached hydrogens (primary N) is 1. The number of rotatable bonds is 8. The van der Waals surface area contributed by atoms with E-state index in [4.69, 9.17) is 5.73 Å². The maximum atomic E-state index is 13.9. The molecule has 4 aromatic rings. The lowest BCUT2D eigenvalue weighted by molar-refractivity contribution is -0.136. The van der Waals surface area contributed by atoms with Crippen LogP contribution in [0.3, 0.4) is 0 Å². The molecule has 0 radical (unpaired) electrons. The van der Waals surface area contributed by atoms with Crippen molar-refractivity contribution in [2.24, 2.45) is 11.7 Å². The Morgan fingerprint density at radius 3 is 2.28 bits per heavy atom. The van der Waals surface area contributed by atoms with Gasteiger partial charge in [0.15, 0.2) is 0 Å². The summed E-state index contributed by atoms with van der Waals surface area (Å²) in [5.41, 5.74) is 10.5. The molecule has 39 heavy (non-hydrogen) atoms. The summed E-state index contributed by atoms with van der Waals surface area (Å²) in [7, 11) is 0. The van der Waals surface area contributed by atoms with Gasteiger partial charge < -0.3 is 21.4 Å². The van der Waals surface area contributed by atoms with Gasteiger partial charge in [0.25, 0.3) is 0 Å². The van der Waals surface area contributed by atoms with Gasteiger partial charge in [-0.1, -0.05) is 86.6 Å². The molecule has 0 bridgehead atoms. The molecule has 1 aliphatic rings. The Labute approximate surface area is 228 Å². The SMILES string of the molecule is CC(C)[C@H](NC(=O)[C@@]1(NC(=O)Cc2ccc(-c3ccccc3)cc2)CCc2[nH]c3ccccc3c2C1)C(N)=O. The average molecular weight is 523 g/mol. The predicted molar refractivity (Wildman–Crippen MR) is 153 cm³/mol. The maximum absolute atomic E-state index is 13.9. The summed E-state index contributed by atoms with van der Waals surface area (Å²) in [6.07, 6.45) is 1.45. The Morgan fingerprint density at radius 2 is 1.59 bits per heavy atom. The number of aromatic nitrogens is 1. The highest BCUT2D eigenvalue weighted by molar-refractivity contribution is 5.97. The first-order valence-electron chi connectivity index (χ1n) is 13.4. The van der Waals surface area contributed by atoms with E-state index in [-0.39, 0.29) is 24.2 Å². The summed E-state index contributed by atoms with van der Waals surface area (Å²) in [6.45, 7) is 3.66. The maximum Gasteiger partial charge on any atom is 0.246 e. The second-order valence-corrected chi connectivity index (χ2v) is 10.8. The van der Waals surface area contributed by atoms with Crippen LogP contribution >= 0.6 is 0 Å². The van der Waals surface area contributed by atoms with E-state index in [1.165, 1.54) is 0 Å². The monoisotopic (exact) mass is 522 g/mol. The molecule has 200 valence electrons. The van der Waals surface area contributed by atoms with Crippen LogP contribution in [0.4, 0.5) is 0 Å². The van der Waals surface area contributed by atoms with Gasteiger partial charge in [-0.2, -0.15) is 0 Å². The molecule has 0 fully saturated rings. The molecule has 5 N–H and O–H groups in total. The van der Waals surface area contributed by atoms with Crippen molar-refractivity contribution < 1.29 is 14.4 Å². The number of benzene rings is 3. The van der Waals surface area contributed by atoms with Crippen LogP contribution in [0.15, 0.2) is 78.9 Å². The van der Waals surface area contributed by atoms with E-state index >= 15 is 0 Å². The molecule has 2 atom stereocenters. The van der Waals surface area contributed by atoms with Crippen molar-refractivity contribution in [3.8, 4) is 11.1 Å². The Hall–Kier alpha value is -4.39. The lowest BCUT2D eigenvalue weighted by atomic mass is 9.78. The van der Waals surface area contributed by atoms with Gasteiger partial charge in [0.2, 0.25) is 17.7 Å². The molecular weight excluding hydrogens is 488 g/mol. The molecule has 0 aliphatic heterocycles. The zero-order valence-corrected chi connectivity index (χ0v) is 22.3. The molecule has 3 amide bonds. The van der Waals surface area contributed by atoms with Crippen LogP contribution in [0, 0.1) is 5.92 Å². The minimum Gasteiger partial charge on any atom is -0.368 e. The highest BCUT2D eigenvalue weighted by Crippen LogP contribution is 2.34. The van der Waals surface area contributed by atoms with E-state index < -0.39 is 17.5 Å². The van der Waals surface area contributed by atoms with Crippen molar-refractivity contribution in [1.82, 2.24) is 15.6 Å². The number of amides is 3. The zero-order valence-electron chi connectivity index (χ0n) is 22.3. The number of H-pyrrole nitrogens is 1. The molecule has 7 heteroatoms. The van der Waals surface area contributed by atoms with Gasteiger partial charge in [0.05, 0.1) is 6.42 Å². The first-order chi connectivity index (χ1) is 18.8. The lowest BCUT2D eigenvalue weighted by Gasteiger charge is -2.38. The minimum absolute atomic E-state index is 0.133. The molecular formula is C32H34N4O3. The standard InChI is InChI=1S/C32H34N4O3/c1-20(2)29(30(33)38)35-31(39)32(17-16-27-25(19-32)24-10-6-7-11-26(24)34-27)36-28(37)18-21-12-14-23(15-13-21)22-8-4-3-5-9-22/h3-15,20,29,34H,16-19H2,1-2H3,(H2,33,38)(H,35,39)(H,36,37)/t29-,32+/m0/s1. The molecule has 0 saturated carbocycles. The number of hydrogen-bond acceptors (Lipinski definition) is 3. The minimum atomic E-state index is -1.21. The quantitative estimate of drug-likeness (QED) is 0.280. The number of primary amides is 1. The van der Waals surface area contributed by atoms with Crippen LogP contribution in [0.2, 0.25) is 0 Å². The van der Waals surface area contributed by atoms with Gasteiger partial charge in [-0.05, 0) is 47.1 Å². The van der Waals surface area contributed by atoms with Crippen molar-refractivity contribution in [2.75, 3.05) is 0 Å². The third-order valence-electron chi connectivity index (χ3n) is 7.68. The zero-order chi connectivity index (χ0) is 27.6. The number of aryl methyl sites for hydroxylation is 1. The largest absolute Gasteiger partial charge is 0.368 e. The summed E-state index contributed by atoms with van der Waals surface area (Å²) in [6, 6.07) is 25.1. The Balaban J connectivity index is 1.40. The van der Waals surface area contributed by atoms with Gasteiger partial charge in [0, 0.05) is 23.0 Å². The van der Waals surface area contributed by atoms with Crippen molar-refractivity contribution in [3.05, 3.63) is 95.7 Å². The van der Waals surface area contributed by atoms with Crippen molar-refractivity contribution >= 4 is 28.6 Å². The van der Waals surface area contributed by atoms with Gasteiger partial charge >= 0.3 is 0 Å². The van der Waals surface area contributed by atoms with Gasteiger partial charge in [0.1, 0.15) is 11.6 Å². The van der Waals surface area contributed by atoms with Gasteiger partial charge in [-0.25, -0.2) is 0 Å². The van der Waals surface area contributed by atoms with Crippen molar-refractivity contribution in [1.29, 1.82) is 0 Å². The van der Waals surface area contributed by atoms with Crippen LogP contribution in [0.25, 0.3) is 22.0 Å². The van der Waals surface area contributed by atoms with Crippen LogP contribution in [0.5, 0.6) is 0 Å². The van der Waals surface area contributed by atoms with Crippen LogP contribution < -0.4 is 16.4 Å². The lowest BCUT2D eigenvalue weighted by Crippen LogP contribution is -2.64. The predicted octanol–water partition coefficient (Wildman–Crippen LogP) is 4.05. The smallest absolute Gasteiger partial charge is 0.246 e. The van der Waals surface area contributed by atoms with E-state index in [9.17, 15) is 14.4 Å². The first-order valence-corrected chi connectivity index (χ1v) is 13.4. The van der Waals surface area contributed by atoms with E-state index in [1.54, 1.807) is 0 Å². The number of carbonyl (C=O) groups excluding carboxylic acids is 3. The van der Waals surface area contributed by atoms with E-state index in [1.807, 2.05) is 92.7 Å². The summed E-state index contributed by atoms with van der Waals surface area (Å²) >= 11 is 0. The van der Waals surface area contributed by atoms with E-state index in [0.717, 1.165) is 38.9 Å². The molecule has 1 aromatic heterocycles. The number of carbonyl (C=O) groups is 3. The molecule has 1 heterocycles. The number of nitrogens with one attached hydrogen (secondary N) is 3. The third-order valence-corrected chi connectivity index (χ3v) is 7.68. The Bertz CT molecular complexity index is 1510. The van der Waals surface area contributed by atoms with Crippen LogP contribution in [-0.2, 0) is 33.6 Å². The first kappa shape index (κ1) is 26.2. The highest BCUT2D eigenvalue weighted by Gasteiger charge is 2.45. The Kier molecular flexibility index (Phi) is 7.24. The fourth-order valence-corrected chi connectivity index (χ4v) is 5.54. The Morgan fingerprint density at radius 1 is 0.923 bits per heavy atom. The second kappa shape index (κ2) is 10.8. The normalized spacial score (nSPS) is 17.4. The molecule has 0 saturated heterocycles. The second-order valence-electron chi connectivity index (χ2n) is 10.8. The topological polar surface area (TPSA) is 117 Å². The molecule has 7 nitrogen and oxygen atoms in total. The van der Waals surface area contributed by atoms with Gasteiger partial charge in [-0.3, -0.25) is 14.4 Å². The average Bonchev–Trinajstić information content (AvgIpc) is 3.29. The number of aromatic amines is 1. The number of hydrogen-bond donors (Lipinski definition) is 4. The molecule has 5 rings (SSSR count). The number of fused-ring (bicyclic) bond motifs is 3. The molecule has 1 aliphatic carbocycles. The van der Waals surface area contributed by atoms with Crippen molar-refractivity contribution in [2.45, 2.75) is 51.1 Å². The molecule has 0 spiro atoms. The van der Waals surface area contributed by atoms with E-state index in [2.05, 4.69) is 15.6 Å². The fourth-order valence-electron chi connectivity index (χ4n) is 5.54. The third kappa shape index (κ3) is 5.43. The highest BCUT2D eigenvalue weighted by atomic mass is 16.2. The fraction of sp³-hybridized carbons (Fsp3) is 0.281. The van der Waals surface area contributed by atoms with E-state index in [0.29, 0.717) is 19.3 Å². The summed E-state index contributed by atoms with van der Waals surface area (Å²) < 4.78 is 0. The van der Waals surface area contributed by atoms with Crippen LogP contribution in [0.1, 0.15) is 37.1 Å². The number of para-hydroxylation sites is 1. The molecule has 3 aromatic carbocycles.